The summed E-state index contributed by atoms with van der Waals surface area (Å²) in [5, 5.41) is 6.63. The summed E-state index contributed by atoms with van der Waals surface area (Å²) in [5.41, 5.74) is 9.60. The van der Waals surface area contributed by atoms with Crippen LogP contribution in [0.3, 0.4) is 0 Å². The Morgan fingerprint density at radius 3 is 1.62 bits per heavy atom. The predicted octanol–water partition coefficient (Wildman–Crippen LogP) is 10.7. The van der Waals surface area contributed by atoms with Crippen LogP contribution in [0.4, 0.5) is 34.6 Å². The summed E-state index contributed by atoms with van der Waals surface area (Å²) < 4.78 is 17.3. The summed E-state index contributed by atoms with van der Waals surface area (Å²) in [6.45, 7) is 22.2. The van der Waals surface area contributed by atoms with Crippen LogP contribution >= 0.6 is 0 Å². The first-order valence-electron chi connectivity index (χ1n) is 26.6. The molecule has 8 heterocycles. The van der Waals surface area contributed by atoms with E-state index in [-0.39, 0.29) is 32.5 Å². The highest BCUT2D eigenvalue weighted by atomic mass is 16.5. The van der Waals surface area contributed by atoms with Crippen molar-refractivity contribution in [2.45, 2.75) is 113 Å². The molecule has 7 aromatic rings. The average molecular weight is 1040 g/mol. The zero-order valence-electron chi connectivity index (χ0n) is 44.1. The molecule has 0 aliphatic carbocycles. The van der Waals surface area contributed by atoms with Crippen molar-refractivity contribution in [1.82, 2.24) is 39.7 Å². The van der Waals surface area contributed by atoms with Crippen molar-refractivity contribution in [1.29, 1.82) is 0 Å². The van der Waals surface area contributed by atoms with Gasteiger partial charge in [-0.1, -0.05) is 57.3 Å². The fraction of sp³-hybridized carbons (Fsp3) is 0.410. The van der Waals surface area contributed by atoms with Gasteiger partial charge in [0.1, 0.15) is 29.9 Å². The Bertz CT molecular complexity index is 3080. The number of anilines is 6. The molecular weight excluding hydrogens is 965 g/mol. The molecule has 0 radical (unpaired) electrons. The van der Waals surface area contributed by atoms with Gasteiger partial charge in [-0.3, -0.25) is 14.6 Å². The molecule has 0 unspecified atom stereocenters. The zero-order chi connectivity index (χ0) is 51.8. The van der Waals surface area contributed by atoms with E-state index >= 15 is 0 Å². The lowest BCUT2D eigenvalue weighted by Gasteiger charge is -2.38. The minimum atomic E-state index is -0.135. The number of hydrogen-bond donors (Lipinski definition) is 3. The van der Waals surface area contributed by atoms with Gasteiger partial charge in [0.2, 0.25) is 11.4 Å². The van der Waals surface area contributed by atoms with Gasteiger partial charge in [0.25, 0.3) is 0 Å². The number of nitrogens with one attached hydrogen (secondary N) is 3. The number of benzene rings is 3. The van der Waals surface area contributed by atoms with E-state index in [0.717, 1.165) is 140 Å². The largest absolute Gasteiger partial charge is 0.473 e. The third kappa shape index (κ3) is 13.7. The minimum absolute atomic E-state index is 0. The number of morpholine rings is 2. The summed E-state index contributed by atoms with van der Waals surface area (Å²) in [6.07, 6.45) is 1.93. The molecule has 4 aliphatic rings. The van der Waals surface area contributed by atoms with E-state index in [1.54, 1.807) is 6.07 Å². The third-order valence-electron chi connectivity index (χ3n) is 14.4. The van der Waals surface area contributed by atoms with Gasteiger partial charge in [-0.25, -0.2) is 19.9 Å². The maximum Gasteiger partial charge on any atom is 0.249 e. The van der Waals surface area contributed by atoms with E-state index in [0.29, 0.717) is 37.0 Å². The van der Waals surface area contributed by atoms with Crippen LogP contribution in [0.2, 0.25) is 0 Å². The minimum Gasteiger partial charge on any atom is -0.473 e. The van der Waals surface area contributed by atoms with Crippen LogP contribution in [0, 0.1) is 0 Å². The summed E-state index contributed by atoms with van der Waals surface area (Å²) in [6, 6.07) is 38.7. The molecule has 16 heteroatoms. The van der Waals surface area contributed by atoms with Gasteiger partial charge >= 0.3 is 0 Å². The van der Waals surface area contributed by atoms with Crippen molar-refractivity contribution in [3.05, 3.63) is 154 Å². The smallest absolute Gasteiger partial charge is 0.249 e. The summed E-state index contributed by atoms with van der Waals surface area (Å²) >= 11 is 0. The fourth-order valence-corrected chi connectivity index (χ4v) is 10.1. The Hall–Kier alpha value is -7.24. The number of fused-ring (bicyclic) bond motifs is 2. The van der Waals surface area contributed by atoms with E-state index in [4.69, 9.17) is 34.1 Å². The average Bonchev–Trinajstić information content (AvgIpc) is 3.43. The number of ether oxygens (including phenoxy) is 3. The zero-order valence-corrected chi connectivity index (χ0v) is 44.1. The quantitative estimate of drug-likeness (QED) is 0.0999. The van der Waals surface area contributed by atoms with Gasteiger partial charge < -0.3 is 39.6 Å². The lowest BCUT2D eigenvalue weighted by molar-refractivity contribution is 0.0982. The Morgan fingerprint density at radius 1 is 0.597 bits per heavy atom. The van der Waals surface area contributed by atoms with Crippen LogP contribution in [-0.2, 0) is 42.0 Å². The van der Waals surface area contributed by atoms with Crippen LogP contribution < -0.4 is 30.7 Å². The second-order valence-electron chi connectivity index (χ2n) is 20.4. The Kier molecular flexibility index (Phi) is 18.7. The maximum atomic E-state index is 11.6. The van der Waals surface area contributed by atoms with Crippen molar-refractivity contribution in [3.63, 3.8) is 0 Å². The van der Waals surface area contributed by atoms with Gasteiger partial charge in [-0.2, -0.15) is 4.98 Å². The fourth-order valence-electron chi connectivity index (χ4n) is 10.1. The molecule has 77 heavy (non-hydrogen) atoms. The van der Waals surface area contributed by atoms with Crippen LogP contribution in [0.25, 0.3) is 22.8 Å². The van der Waals surface area contributed by atoms with Gasteiger partial charge in [0.15, 0.2) is 11.6 Å². The first kappa shape index (κ1) is 56.0. The molecule has 4 aliphatic heterocycles. The monoisotopic (exact) mass is 1040 g/mol. The molecule has 2 saturated heterocycles. The molecule has 4 aromatic heterocycles. The first-order chi connectivity index (χ1) is 36.5. The molecule has 3 aromatic carbocycles. The van der Waals surface area contributed by atoms with Crippen molar-refractivity contribution < 1.29 is 14.2 Å². The van der Waals surface area contributed by atoms with Crippen LogP contribution in [0.15, 0.2) is 120 Å². The number of rotatable bonds is 13. The Balaban J connectivity index is 0.000000202. The summed E-state index contributed by atoms with van der Waals surface area (Å²) in [5.74, 6) is 5.61. The van der Waals surface area contributed by atoms with Gasteiger partial charge in [0, 0.05) is 97.1 Å². The highest BCUT2D eigenvalue weighted by Gasteiger charge is 2.31. The van der Waals surface area contributed by atoms with Crippen molar-refractivity contribution in [2.75, 3.05) is 73.0 Å². The van der Waals surface area contributed by atoms with Crippen molar-refractivity contribution >= 4 is 34.6 Å². The van der Waals surface area contributed by atoms with E-state index in [2.05, 4.69) is 106 Å². The number of nitrogens with zero attached hydrogens (tertiary/aromatic N) is 9. The Morgan fingerprint density at radius 2 is 1.12 bits per heavy atom. The molecule has 0 saturated carbocycles. The Labute approximate surface area is 455 Å². The topological polar surface area (TPSA) is 162 Å². The van der Waals surface area contributed by atoms with Crippen molar-refractivity contribution in [3.8, 4) is 28.7 Å². The highest BCUT2D eigenvalue weighted by Crippen LogP contribution is 2.35. The van der Waals surface area contributed by atoms with Gasteiger partial charge in [-0.05, 0) is 121 Å². The first-order valence-corrected chi connectivity index (χ1v) is 26.6. The van der Waals surface area contributed by atoms with E-state index < -0.39 is 0 Å². The van der Waals surface area contributed by atoms with Gasteiger partial charge in [-0.15, -0.1) is 0 Å². The molecule has 3 N–H and O–H groups in total. The molecule has 2 fully saturated rings. The SMILES string of the molecule is C.C.CC(C)N1CCc2c(nc(-c3ccc(Nc4cccc(=O)[nH]4)cc3)nc2N2CCOC[C@@H]2C)C1.CC(C)N1CCc2c(nc(-c3ccc(Nc4cccc(OCc5ccccc5)n4)cc3)nc2N2CCOC[C@@H]2C)C1. The molecular formula is C61H78N12O4. The number of H-pyrrole nitrogens is 1. The lowest BCUT2D eigenvalue weighted by atomic mass is 10.0. The number of hydrogen-bond acceptors (Lipinski definition) is 15. The molecule has 406 valence electrons. The van der Waals surface area contributed by atoms with E-state index in [9.17, 15) is 4.79 Å². The standard InChI is InChI=1S/C33H38N6O2.C26H32N6O2.2CH4/c1-23(2)38-17-16-28-29(20-38)35-32(37-33(28)39-18-19-40-21-24(39)3)26-12-14-27(15-13-26)34-30-10-7-11-31(36-30)41-22-25-8-5-4-6-9-25;1-17(2)31-12-11-21-22(15-31)28-25(30-26(21)32-13-14-34-16-18(32)3)19-7-9-20(10-8-19)27-23-5-4-6-24(33)29-23;;/h4-15,23-24H,16-22H2,1-3H3,(H,34,36);4-10,17-18H,11-16H2,1-3H3,(H2,27,29,33);2*1H4/t24-;18-;;/m00../s1. The molecule has 2 atom stereocenters. The molecule has 16 nitrogen and oxygen atoms in total. The summed E-state index contributed by atoms with van der Waals surface area (Å²) in [7, 11) is 0. The van der Waals surface area contributed by atoms with Crippen LogP contribution in [-0.4, -0.2) is 116 Å². The second kappa shape index (κ2) is 25.7. The number of aromatic nitrogens is 6. The molecule has 0 amide bonds. The van der Waals surface area contributed by atoms with Crippen molar-refractivity contribution in [2.24, 2.45) is 0 Å². The number of pyridine rings is 2. The lowest BCUT2D eigenvalue weighted by Crippen LogP contribution is -2.45. The van der Waals surface area contributed by atoms with E-state index in [1.807, 2.05) is 78.9 Å². The van der Waals surface area contributed by atoms with Crippen LogP contribution in [0.1, 0.15) is 84.5 Å². The number of aromatic amines is 1. The predicted molar refractivity (Wildman–Crippen MR) is 311 cm³/mol. The molecule has 11 rings (SSSR count). The summed E-state index contributed by atoms with van der Waals surface area (Å²) in [4.78, 5) is 49.1. The highest BCUT2D eigenvalue weighted by molar-refractivity contribution is 5.68. The maximum absolute atomic E-state index is 11.6. The molecule has 0 bridgehead atoms. The van der Waals surface area contributed by atoms with Crippen LogP contribution in [0.5, 0.6) is 5.88 Å². The molecule has 0 spiro atoms. The normalized spacial score (nSPS) is 17.5. The second-order valence-corrected chi connectivity index (χ2v) is 20.4. The van der Waals surface area contributed by atoms with E-state index in [1.165, 1.54) is 17.2 Å². The van der Waals surface area contributed by atoms with Gasteiger partial charge in [0.05, 0.1) is 49.9 Å². The third-order valence-corrected chi connectivity index (χ3v) is 14.4.